The Morgan fingerprint density at radius 3 is 2.45 bits per heavy atom. The standard InChI is InChI=1S/C14H17F2NO4S/c1-9(12-3-2-8-21-12)17-13(18)10-4-6-11(7-5-10)22(19,20)14(15)16/h4-7,9,12,14H,2-3,8H2,1H3,(H,17,18)/t9-,12+/m0/s1. The lowest BCUT2D eigenvalue weighted by Crippen LogP contribution is -2.40. The minimum absolute atomic E-state index is 0.0394. The van der Waals surface area contributed by atoms with Crippen LogP contribution >= 0.6 is 0 Å². The number of halogens is 2. The van der Waals surface area contributed by atoms with E-state index in [2.05, 4.69) is 5.32 Å². The van der Waals surface area contributed by atoms with E-state index in [1.165, 1.54) is 12.1 Å². The first-order valence-corrected chi connectivity index (χ1v) is 8.41. The van der Waals surface area contributed by atoms with E-state index < -0.39 is 26.4 Å². The number of carbonyl (C=O) groups is 1. The molecule has 0 bridgehead atoms. The van der Waals surface area contributed by atoms with Crippen molar-refractivity contribution in [3.05, 3.63) is 29.8 Å². The zero-order valence-corrected chi connectivity index (χ0v) is 12.8. The predicted octanol–water partition coefficient (Wildman–Crippen LogP) is 1.98. The average Bonchev–Trinajstić information content (AvgIpc) is 3.01. The Labute approximate surface area is 127 Å². The Morgan fingerprint density at radius 2 is 1.95 bits per heavy atom. The minimum Gasteiger partial charge on any atom is -0.376 e. The topological polar surface area (TPSA) is 72.5 Å². The lowest BCUT2D eigenvalue weighted by molar-refractivity contribution is 0.0712. The number of amides is 1. The van der Waals surface area contributed by atoms with Gasteiger partial charge < -0.3 is 10.1 Å². The molecule has 1 aromatic carbocycles. The third kappa shape index (κ3) is 3.61. The minimum atomic E-state index is -4.64. The Balaban J connectivity index is 2.05. The molecule has 1 amide bonds. The second-order valence-electron chi connectivity index (χ2n) is 5.14. The van der Waals surface area contributed by atoms with Crippen LogP contribution in [-0.4, -0.2) is 38.8 Å². The van der Waals surface area contributed by atoms with Gasteiger partial charge in [-0.3, -0.25) is 4.79 Å². The molecule has 0 aromatic heterocycles. The molecule has 8 heteroatoms. The maximum absolute atomic E-state index is 12.4. The Bertz CT molecular complexity index is 625. The van der Waals surface area contributed by atoms with Gasteiger partial charge >= 0.3 is 5.76 Å². The molecule has 0 unspecified atom stereocenters. The van der Waals surface area contributed by atoms with Gasteiger partial charge in [0.15, 0.2) is 0 Å². The molecule has 0 saturated carbocycles. The maximum atomic E-state index is 12.4. The first-order chi connectivity index (χ1) is 10.3. The van der Waals surface area contributed by atoms with Gasteiger partial charge in [-0.2, -0.15) is 8.78 Å². The maximum Gasteiger partial charge on any atom is 0.341 e. The normalized spacial score (nSPS) is 20.1. The van der Waals surface area contributed by atoms with E-state index in [-0.39, 0.29) is 17.7 Å². The second-order valence-corrected chi connectivity index (χ2v) is 7.06. The predicted molar refractivity (Wildman–Crippen MR) is 75.5 cm³/mol. The molecular formula is C14H17F2NO4S. The number of hydrogen-bond acceptors (Lipinski definition) is 4. The molecule has 1 N–H and O–H groups in total. The van der Waals surface area contributed by atoms with E-state index in [4.69, 9.17) is 4.74 Å². The third-order valence-corrected chi connectivity index (χ3v) is 4.96. The van der Waals surface area contributed by atoms with Crippen LogP contribution < -0.4 is 5.32 Å². The van der Waals surface area contributed by atoms with Gasteiger partial charge in [0.05, 0.1) is 17.0 Å². The molecule has 1 aliphatic rings. The molecular weight excluding hydrogens is 316 g/mol. The Kier molecular flexibility index (Phi) is 5.12. The van der Waals surface area contributed by atoms with Crippen LogP contribution in [0.1, 0.15) is 30.1 Å². The Morgan fingerprint density at radius 1 is 1.32 bits per heavy atom. The SMILES string of the molecule is C[C@H](NC(=O)c1ccc(S(=O)(=O)C(F)F)cc1)[C@H]1CCCO1. The fourth-order valence-corrected chi connectivity index (χ4v) is 3.00. The molecule has 0 aliphatic carbocycles. The van der Waals surface area contributed by atoms with Gasteiger partial charge in [-0.25, -0.2) is 8.42 Å². The molecule has 1 heterocycles. The van der Waals surface area contributed by atoms with Crippen LogP contribution in [0, 0.1) is 0 Å². The lowest BCUT2D eigenvalue weighted by atomic mass is 10.1. The van der Waals surface area contributed by atoms with Gasteiger partial charge in [-0.05, 0) is 44.0 Å². The van der Waals surface area contributed by atoms with Crippen molar-refractivity contribution in [1.29, 1.82) is 0 Å². The lowest BCUT2D eigenvalue weighted by Gasteiger charge is -2.20. The number of hydrogen-bond donors (Lipinski definition) is 1. The van der Waals surface area contributed by atoms with Gasteiger partial charge in [0, 0.05) is 12.2 Å². The van der Waals surface area contributed by atoms with Crippen LogP contribution in [0.5, 0.6) is 0 Å². The van der Waals surface area contributed by atoms with Crippen molar-refractivity contribution in [3.8, 4) is 0 Å². The number of sulfone groups is 1. The van der Waals surface area contributed by atoms with Crippen LogP contribution in [0.3, 0.4) is 0 Å². The van der Waals surface area contributed by atoms with Crippen LogP contribution in [0.2, 0.25) is 0 Å². The number of nitrogens with one attached hydrogen (secondary N) is 1. The van der Waals surface area contributed by atoms with Crippen LogP contribution in [0.15, 0.2) is 29.2 Å². The average molecular weight is 333 g/mol. The number of ether oxygens (including phenoxy) is 1. The van der Waals surface area contributed by atoms with E-state index >= 15 is 0 Å². The van der Waals surface area contributed by atoms with Gasteiger partial charge in [0.1, 0.15) is 0 Å². The van der Waals surface area contributed by atoms with Crippen molar-refractivity contribution in [2.75, 3.05) is 6.61 Å². The van der Waals surface area contributed by atoms with Gasteiger partial charge in [0.25, 0.3) is 5.91 Å². The molecule has 122 valence electrons. The zero-order chi connectivity index (χ0) is 16.3. The molecule has 1 aromatic rings. The summed E-state index contributed by atoms with van der Waals surface area (Å²) in [5.74, 6) is -3.88. The molecule has 1 fully saturated rings. The zero-order valence-electron chi connectivity index (χ0n) is 12.0. The summed E-state index contributed by atoms with van der Waals surface area (Å²) in [6, 6.07) is 4.26. The van der Waals surface area contributed by atoms with E-state index in [1.54, 1.807) is 0 Å². The molecule has 2 atom stereocenters. The monoisotopic (exact) mass is 333 g/mol. The summed E-state index contributed by atoms with van der Waals surface area (Å²) in [6.45, 7) is 2.49. The second kappa shape index (κ2) is 6.70. The largest absolute Gasteiger partial charge is 0.376 e. The van der Waals surface area contributed by atoms with Gasteiger partial charge in [-0.15, -0.1) is 0 Å². The van der Waals surface area contributed by atoms with Gasteiger partial charge in [0.2, 0.25) is 9.84 Å². The molecule has 0 spiro atoms. The summed E-state index contributed by atoms with van der Waals surface area (Å²) in [6.07, 6.45) is 1.78. The highest BCUT2D eigenvalue weighted by atomic mass is 32.2. The summed E-state index contributed by atoms with van der Waals surface area (Å²) in [4.78, 5) is 11.5. The quantitative estimate of drug-likeness (QED) is 0.894. The summed E-state index contributed by atoms with van der Waals surface area (Å²) in [7, 11) is -4.64. The fourth-order valence-electron chi connectivity index (χ4n) is 2.28. The number of carbonyl (C=O) groups excluding carboxylic acids is 1. The van der Waals surface area contributed by atoms with Crippen molar-refractivity contribution in [2.45, 2.75) is 42.6 Å². The van der Waals surface area contributed by atoms with Gasteiger partial charge in [-0.1, -0.05) is 0 Å². The van der Waals surface area contributed by atoms with Crippen LogP contribution in [-0.2, 0) is 14.6 Å². The summed E-state index contributed by atoms with van der Waals surface area (Å²) in [5, 5.41) is 2.76. The highest BCUT2D eigenvalue weighted by Crippen LogP contribution is 2.19. The number of alkyl halides is 2. The first kappa shape index (κ1) is 16.8. The van der Waals surface area contributed by atoms with Crippen molar-refractivity contribution in [3.63, 3.8) is 0 Å². The first-order valence-electron chi connectivity index (χ1n) is 6.87. The third-order valence-electron chi connectivity index (χ3n) is 3.56. The van der Waals surface area contributed by atoms with Crippen molar-refractivity contribution >= 4 is 15.7 Å². The summed E-state index contributed by atoms with van der Waals surface area (Å²) < 4.78 is 52.9. The van der Waals surface area contributed by atoms with Crippen LogP contribution in [0.25, 0.3) is 0 Å². The fraction of sp³-hybridized carbons (Fsp3) is 0.500. The van der Waals surface area contributed by atoms with E-state index in [9.17, 15) is 22.0 Å². The molecule has 2 rings (SSSR count). The molecule has 1 aliphatic heterocycles. The number of benzene rings is 1. The summed E-state index contributed by atoms with van der Waals surface area (Å²) in [5.41, 5.74) is 0.207. The van der Waals surface area contributed by atoms with E-state index in [0.29, 0.717) is 6.61 Å². The summed E-state index contributed by atoms with van der Waals surface area (Å²) >= 11 is 0. The molecule has 0 radical (unpaired) electrons. The Hall–Kier alpha value is -1.54. The van der Waals surface area contributed by atoms with Crippen LogP contribution in [0.4, 0.5) is 8.78 Å². The number of rotatable bonds is 5. The van der Waals surface area contributed by atoms with Crippen molar-refractivity contribution in [1.82, 2.24) is 5.32 Å². The van der Waals surface area contributed by atoms with Crippen molar-refractivity contribution < 1.29 is 26.7 Å². The molecule has 22 heavy (non-hydrogen) atoms. The highest BCUT2D eigenvalue weighted by molar-refractivity contribution is 7.91. The van der Waals surface area contributed by atoms with E-state index in [0.717, 1.165) is 25.0 Å². The highest BCUT2D eigenvalue weighted by Gasteiger charge is 2.27. The molecule has 5 nitrogen and oxygen atoms in total. The molecule has 1 saturated heterocycles. The van der Waals surface area contributed by atoms with Crippen molar-refractivity contribution in [2.24, 2.45) is 0 Å². The smallest absolute Gasteiger partial charge is 0.341 e. The van der Waals surface area contributed by atoms with E-state index in [1.807, 2.05) is 6.92 Å².